The van der Waals surface area contributed by atoms with Gasteiger partial charge in [0.1, 0.15) is 0 Å². The molecule has 2 fully saturated rings. The third kappa shape index (κ3) is 2.43. The number of fused-ring (bicyclic) bond motifs is 1. The van der Waals surface area contributed by atoms with Gasteiger partial charge in [0.15, 0.2) is 5.82 Å². The van der Waals surface area contributed by atoms with E-state index in [9.17, 15) is 4.79 Å². The van der Waals surface area contributed by atoms with Crippen LogP contribution in [-0.4, -0.2) is 40.1 Å². The molecular formula is C17H20N4O2. The maximum Gasteiger partial charge on any atom is 0.258 e. The van der Waals surface area contributed by atoms with Gasteiger partial charge < -0.3 is 15.2 Å². The lowest BCUT2D eigenvalue weighted by molar-refractivity contribution is 0.0780. The molecule has 1 saturated carbocycles. The molecule has 1 amide bonds. The van der Waals surface area contributed by atoms with Crippen molar-refractivity contribution in [1.82, 2.24) is 15.0 Å². The minimum absolute atomic E-state index is 0.0260. The molecular weight excluding hydrogens is 292 g/mol. The Bertz CT molecular complexity index is 742. The van der Waals surface area contributed by atoms with Crippen molar-refractivity contribution < 1.29 is 9.32 Å². The molecule has 23 heavy (non-hydrogen) atoms. The lowest BCUT2D eigenvalue weighted by atomic mass is 9.98. The van der Waals surface area contributed by atoms with E-state index in [1.54, 1.807) is 6.92 Å². The first-order chi connectivity index (χ1) is 11.1. The molecule has 1 aromatic heterocycles. The van der Waals surface area contributed by atoms with Gasteiger partial charge in [-0.3, -0.25) is 4.79 Å². The second-order valence-electron chi connectivity index (χ2n) is 6.57. The molecule has 2 N–H and O–H groups in total. The molecule has 2 aliphatic rings. The van der Waals surface area contributed by atoms with E-state index in [0.717, 1.165) is 25.9 Å². The maximum absolute atomic E-state index is 13.0. The van der Waals surface area contributed by atoms with Gasteiger partial charge in [0, 0.05) is 19.1 Å². The number of hydrogen-bond acceptors (Lipinski definition) is 5. The van der Waals surface area contributed by atoms with Crippen LogP contribution in [0.4, 0.5) is 0 Å². The third-order valence-electron chi connectivity index (χ3n) is 5.12. The molecule has 2 aromatic rings. The standard InChI is InChI=1S/C17H20N4O2/c1-10-19-16(23-20-10)12-4-2-3-5-13(12)17(22)21-8-11-6-7-15(18)14(11)9-21/h2-5,11,14-15H,6-9,18H2,1H3. The number of carbonyl (C=O) groups is 1. The van der Waals surface area contributed by atoms with Gasteiger partial charge in [-0.1, -0.05) is 17.3 Å². The van der Waals surface area contributed by atoms with Crippen LogP contribution in [0.2, 0.25) is 0 Å². The molecule has 4 rings (SSSR count). The Labute approximate surface area is 134 Å². The number of carbonyl (C=O) groups excluding carboxylic acids is 1. The number of hydrogen-bond donors (Lipinski definition) is 1. The number of aryl methyl sites for hydroxylation is 1. The molecule has 120 valence electrons. The van der Waals surface area contributed by atoms with Gasteiger partial charge in [-0.2, -0.15) is 4.98 Å². The van der Waals surface area contributed by atoms with Crippen LogP contribution in [0.15, 0.2) is 28.8 Å². The summed E-state index contributed by atoms with van der Waals surface area (Å²) < 4.78 is 5.24. The van der Waals surface area contributed by atoms with Crippen molar-refractivity contribution in [2.45, 2.75) is 25.8 Å². The summed E-state index contributed by atoms with van der Waals surface area (Å²) in [5.74, 6) is 1.97. The number of aromatic nitrogens is 2. The van der Waals surface area contributed by atoms with Gasteiger partial charge in [-0.05, 0) is 43.7 Å². The Balaban J connectivity index is 1.62. The summed E-state index contributed by atoms with van der Waals surface area (Å²) in [6.07, 6.45) is 2.20. The fourth-order valence-corrected chi connectivity index (χ4v) is 3.91. The van der Waals surface area contributed by atoms with E-state index in [-0.39, 0.29) is 11.9 Å². The molecule has 0 radical (unpaired) electrons. The number of nitrogens with zero attached hydrogens (tertiary/aromatic N) is 3. The van der Waals surface area contributed by atoms with Gasteiger partial charge in [0.2, 0.25) is 0 Å². The van der Waals surface area contributed by atoms with Crippen LogP contribution in [0.25, 0.3) is 11.5 Å². The number of rotatable bonds is 2. The molecule has 1 aliphatic heterocycles. The molecule has 6 nitrogen and oxygen atoms in total. The highest BCUT2D eigenvalue weighted by Gasteiger charge is 2.42. The molecule has 0 spiro atoms. The smallest absolute Gasteiger partial charge is 0.258 e. The van der Waals surface area contributed by atoms with Crippen molar-refractivity contribution in [2.24, 2.45) is 17.6 Å². The monoisotopic (exact) mass is 312 g/mol. The zero-order valence-electron chi connectivity index (χ0n) is 13.1. The van der Waals surface area contributed by atoms with Crippen molar-refractivity contribution in [3.05, 3.63) is 35.7 Å². The van der Waals surface area contributed by atoms with Crippen LogP contribution in [0.1, 0.15) is 29.0 Å². The SMILES string of the molecule is Cc1noc(-c2ccccc2C(=O)N2CC3CCC(N)C3C2)n1. The van der Waals surface area contributed by atoms with Crippen molar-refractivity contribution in [2.75, 3.05) is 13.1 Å². The lowest BCUT2D eigenvalue weighted by Crippen LogP contribution is -2.33. The van der Waals surface area contributed by atoms with Crippen LogP contribution in [0.5, 0.6) is 0 Å². The van der Waals surface area contributed by atoms with E-state index in [4.69, 9.17) is 10.3 Å². The second-order valence-corrected chi connectivity index (χ2v) is 6.57. The van der Waals surface area contributed by atoms with E-state index in [1.165, 1.54) is 0 Å². The van der Waals surface area contributed by atoms with E-state index in [1.807, 2.05) is 29.2 Å². The molecule has 3 atom stereocenters. The Morgan fingerprint density at radius 1 is 1.30 bits per heavy atom. The number of benzene rings is 1. The molecule has 6 heteroatoms. The highest BCUT2D eigenvalue weighted by atomic mass is 16.5. The van der Waals surface area contributed by atoms with Crippen molar-refractivity contribution in [3.8, 4) is 11.5 Å². The zero-order chi connectivity index (χ0) is 16.0. The van der Waals surface area contributed by atoms with Crippen LogP contribution in [-0.2, 0) is 0 Å². The predicted octanol–water partition coefficient (Wildman–Crippen LogP) is 1.85. The number of likely N-dealkylation sites (tertiary alicyclic amines) is 1. The second kappa shape index (κ2) is 5.45. The van der Waals surface area contributed by atoms with Gasteiger partial charge in [-0.15, -0.1) is 0 Å². The normalized spacial score (nSPS) is 26.5. The summed E-state index contributed by atoms with van der Waals surface area (Å²) in [7, 11) is 0. The molecule has 1 saturated heterocycles. The Morgan fingerprint density at radius 2 is 2.13 bits per heavy atom. The van der Waals surface area contributed by atoms with Crippen LogP contribution in [0.3, 0.4) is 0 Å². The summed E-state index contributed by atoms with van der Waals surface area (Å²) in [5.41, 5.74) is 7.48. The fraction of sp³-hybridized carbons (Fsp3) is 0.471. The van der Waals surface area contributed by atoms with E-state index >= 15 is 0 Å². The predicted molar refractivity (Wildman–Crippen MR) is 84.6 cm³/mol. The maximum atomic E-state index is 13.0. The van der Waals surface area contributed by atoms with Crippen LogP contribution < -0.4 is 5.73 Å². The summed E-state index contributed by atoms with van der Waals surface area (Å²) in [5, 5.41) is 3.82. The highest BCUT2D eigenvalue weighted by molar-refractivity contribution is 6.00. The third-order valence-corrected chi connectivity index (χ3v) is 5.12. The highest BCUT2D eigenvalue weighted by Crippen LogP contribution is 2.38. The first-order valence-corrected chi connectivity index (χ1v) is 8.08. The minimum Gasteiger partial charge on any atom is -0.338 e. The Morgan fingerprint density at radius 3 is 2.87 bits per heavy atom. The Hall–Kier alpha value is -2.21. The summed E-state index contributed by atoms with van der Waals surface area (Å²) in [6.45, 7) is 3.32. The van der Waals surface area contributed by atoms with Crippen molar-refractivity contribution in [1.29, 1.82) is 0 Å². The van der Waals surface area contributed by atoms with Crippen LogP contribution >= 0.6 is 0 Å². The molecule has 2 heterocycles. The Kier molecular flexibility index (Phi) is 3.41. The molecule has 0 bridgehead atoms. The zero-order valence-corrected chi connectivity index (χ0v) is 13.1. The van der Waals surface area contributed by atoms with Gasteiger partial charge in [0.05, 0.1) is 11.1 Å². The summed E-state index contributed by atoms with van der Waals surface area (Å²) in [4.78, 5) is 19.2. The fourth-order valence-electron chi connectivity index (χ4n) is 3.91. The molecule has 1 aliphatic carbocycles. The average molecular weight is 312 g/mol. The van der Waals surface area contributed by atoms with Gasteiger partial charge >= 0.3 is 0 Å². The minimum atomic E-state index is 0.0260. The number of amides is 1. The largest absolute Gasteiger partial charge is 0.338 e. The molecule has 1 aromatic carbocycles. The number of nitrogens with two attached hydrogens (primary N) is 1. The van der Waals surface area contributed by atoms with Crippen molar-refractivity contribution >= 4 is 5.91 Å². The van der Waals surface area contributed by atoms with Gasteiger partial charge in [0.25, 0.3) is 11.8 Å². The van der Waals surface area contributed by atoms with Gasteiger partial charge in [-0.25, -0.2) is 0 Å². The first-order valence-electron chi connectivity index (χ1n) is 8.08. The van der Waals surface area contributed by atoms with E-state index in [2.05, 4.69) is 10.1 Å². The lowest BCUT2D eigenvalue weighted by Gasteiger charge is -2.19. The van der Waals surface area contributed by atoms with Crippen molar-refractivity contribution in [3.63, 3.8) is 0 Å². The molecule has 3 unspecified atom stereocenters. The average Bonchev–Trinajstić information content (AvgIpc) is 3.25. The summed E-state index contributed by atoms with van der Waals surface area (Å²) in [6, 6.07) is 7.64. The first kappa shape index (κ1) is 14.4. The summed E-state index contributed by atoms with van der Waals surface area (Å²) >= 11 is 0. The van der Waals surface area contributed by atoms with E-state index < -0.39 is 0 Å². The van der Waals surface area contributed by atoms with Crippen LogP contribution in [0, 0.1) is 18.8 Å². The quantitative estimate of drug-likeness (QED) is 0.914. The van der Waals surface area contributed by atoms with E-state index in [0.29, 0.717) is 34.7 Å². The topological polar surface area (TPSA) is 85.2 Å².